The van der Waals surface area contributed by atoms with Crippen molar-refractivity contribution in [1.82, 2.24) is 10.9 Å². The van der Waals surface area contributed by atoms with Gasteiger partial charge in [0.05, 0.1) is 0 Å². The SMILES string of the molecule is Cc1cc(=O)oc2cc(OCc3ccc(C(=O)NNC(=O)COc4ccc(F)cc4)cc3)ccc12. The highest BCUT2D eigenvalue weighted by atomic mass is 19.1. The third kappa shape index (κ3) is 6.23. The first-order valence-corrected chi connectivity index (χ1v) is 10.6. The summed E-state index contributed by atoms with van der Waals surface area (Å²) in [5, 5.41) is 0.835. The fraction of sp³-hybridized carbons (Fsp3) is 0.115. The number of carbonyl (C=O) groups is 2. The van der Waals surface area contributed by atoms with Crippen LogP contribution in [0.1, 0.15) is 21.5 Å². The second kappa shape index (κ2) is 10.5. The Morgan fingerprint density at radius 1 is 0.886 bits per heavy atom. The number of ether oxygens (including phenoxy) is 2. The highest BCUT2D eigenvalue weighted by Gasteiger charge is 2.09. The van der Waals surface area contributed by atoms with Crippen molar-refractivity contribution in [3.63, 3.8) is 0 Å². The Hall–Kier alpha value is -4.66. The number of amides is 2. The Bertz CT molecular complexity index is 1410. The molecule has 0 saturated carbocycles. The van der Waals surface area contributed by atoms with Crippen LogP contribution >= 0.6 is 0 Å². The Labute approximate surface area is 199 Å². The minimum absolute atomic E-state index is 0.237. The van der Waals surface area contributed by atoms with Crippen LogP contribution in [0.25, 0.3) is 11.0 Å². The Kier molecular flexibility index (Phi) is 7.06. The molecule has 0 saturated heterocycles. The summed E-state index contributed by atoms with van der Waals surface area (Å²) in [6.45, 7) is 1.73. The molecule has 4 rings (SSSR count). The molecule has 0 radical (unpaired) electrons. The summed E-state index contributed by atoms with van der Waals surface area (Å²) in [6, 6.07) is 18.6. The lowest BCUT2D eigenvalue weighted by Crippen LogP contribution is -2.43. The molecule has 0 aliphatic rings. The number of rotatable bonds is 7. The maximum absolute atomic E-state index is 12.9. The molecule has 3 aromatic carbocycles. The van der Waals surface area contributed by atoms with E-state index in [1.54, 1.807) is 36.4 Å². The number of aryl methyl sites for hydroxylation is 1. The van der Waals surface area contributed by atoms with E-state index in [4.69, 9.17) is 13.9 Å². The summed E-state index contributed by atoms with van der Waals surface area (Å²) < 4.78 is 29.1. The third-order valence-corrected chi connectivity index (χ3v) is 5.04. The molecule has 0 fully saturated rings. The zero-order valence-corrected chi connectivity index (χ0v) is 18.7. The van der Waals surface area contributed by atoms with Crippen molar-refractivity contribution in [3.05, 3.63) is 106 Å². The molecule has 0 atom stereocenters. The van der Waals surface area contributed by atoms with Gasteiger partial charge in [0.15, 0.2) is 6.61 Å². The molecule has 2 N–H and O–H groups in total. The first-order valence-electron chi connectivity index (χ1n) is 10.6. The lowest BCUT2D eigenvalue weighted by atomic mass is 10.1. The summed E-state index contributed by atoms with van der Waals surface area (Å²) in [5.74, 6) is -0.625. The third-order valence-electron chi connectivity index (χ3n) is 5.04. The van der Waals surface area contributed by atoms with Crippen molar-refractivity contribution >= 4 is 22.8 Å². The van der Waals surface area contributed by atoms with Crippen LogP contribution in [0, 0.1) is 12.7 Å². The summed E-state index contributed by atoms with van der Waals surface area (Å²) in [6.07, 6.45) is 0. The van der Waals surface area contributed by atoms with E-state index in [0.717, 1.165) is 16.5 Å². The number of carbonyl (C=O) groups excluding carboxylic acids is 2. The highest BCUT2D eigenvalue weighted by molar-refractivity contribution is 5.95. The fourth-order valence-corrected chi connectivity index (χ4v) is 3.23. The van der Waals surface area contributed by atoms with Gasteiger partial charge in [0.2, 0.25) is 0 Å². The van der Waals surface area contributed by atoms with Gasteiger partial charge in [0, 0.05) is 23.1 Å². The maximum atomic E-state index is 12.9. The van der Waals surface area contributed by atoms with Gasteiger partial charge in [-0.2, -0.15) is 0 Å². The average Bonchev–Trinajstić information content (AvgIpc) is 2.85. The van der Waals surface area contributed by atoms with E-state index < -0.39 is 23.3 Å². The Morgan fingerprint density at radius 2 is 1.60 bits per heavy atom. The van der Waals surface area contributed by atoms with E-state index in [-0.39, 0.29) is 13.2 Å². The van der Waals surface area contributed by atoms with Crippen molar-refractivity contribution in [3.8, 4) is 11.5 Å². The zero-order valence-electron chi connectivity index (χ0n) is 18.7. The number of hydrazine groups is 1. The van der Waals surface area contributed by atoms with Gasteiger partial charge in [-0.25, -0.2) is 9.18 Å². The lowest BCUT2D eigenvalue weighted by molar-refractivity contribution is -0.123. The summed E-state index contributed by atoms with van der Waals surface area (Å²) >= 11 is 0. The standard InChI is InChI=1S/C26H21FN2O6/c1-16-12-25(31)35-23-13-21(10-11-22(16)23)33-14-17-2-4-18(5-3-17)26(32)29-28-24(30)15-34-20-8-6-19(27)7-9-20/h2-13H,14-15H2,1H3,(H,28,30)(H,29,32). The van der Waals surface area contributed by atoms with Crippen LogP contribution in [-0.4, -0.2) is 18.4 Å². The predicted molar refractivity (Wildman–Crippen MR) is 125 cm³/mol. The van der Waals surface area contributed by atoms with Crippen LogP contribution in [0.4, 0.5) is 4.39 Å². The zero-order chi connectivity index (χ0) is 24.8. The molecule has 0 bridgehead atoms. The van der Waals surface area contributed by atoms with Gasteiger partial charge in [-0.05, 0) is 66.6 Å². The summed E-state index contributed by atoms with van der Waals surface area (Å²) in [4.78, 5) is 35.7. The number of fused-ring (bicyclic) bond motifs is 1. The minimum atomic E-state index is -0.575. The molecule has 4 aromatic rings. The summed E-state index contributed by atoms with van der Waals surface area (Å²) in [5.41, 5.74) is 6.55. The van der Waals surface area contributed by atoms with E-state index in [0.29, 0.717) is 22.6 Å². The molecule has 0 spiro atoms. The monoisotopic (exact) mass is 476 g/mol. The quantitative estimate of drug-likeness (QED) is 0.312. The van der Waals surface area contributed by atoms with E-state index in [1.807, 2.05) is 13.0 Å². The van der Waals surface area contributed by atoms with Crippen molar-refractivity contribution < 1.29 is 27.9 Å². The first kappa shape index (κ1) is 23.5. The predicted octanol–water partition coefficient (Wildman–Crippen LogP) is 3.66. The van der Waals surface area contributed by atoms with E-state index in [9.17, 15) is 18.8 Å². The molecule has 1 heterocycles. The molecule has 8 nitrogen and oxygen atoms in total. The van der Waals surface area contributed by atoms with Crippen molar-refractivity contribution in [2.75, 3.05) is 6.61 Å². The van der Waals surface area contributed by atoms with Crippen LogP contribution in [0.15, 0.2) is 82.0 Å². The van der Waals surface area contributed by atoms with Gasteiger partial charge in [-0.15, -0.1) is 0 Å². The van der Waals surface area contributed by atoms with Gasteiger partial charge in [0.1, 0.15) is 29.5 Å². The number of hydrogen-bond donors (Lipinski definition) is 2. The molecule has 1 aromatic heterocycles. The van der Waals surface area contributed by atoms with Crippen molar-refractivity contribution in [2.24, 2.45) is 0 Å². The van der Waals surface area contributed by atoms with Crippen molar-refractivity contribution in [2.45, 2.75) is 13.5 Å². The van der Waals surface area contributed by atoms with Crippen LogP contribution in [0.5, 0.6) is 11.5 Å². The van der Waals surface area contributed by atoms with E-state index >= 15 is 0 Å². The smallest absolute Gasteiger partial charge is 0.336 e. The lowest BCUT2D eigenvalue weighted by Gasteiger charge is -2.10. The second-order valence-electron chi connectivity index (χ2n) is 7.64. The van der Waals surface area contributed by atoms with Crippen molar-refractivity contribution in [1.29, 1.82) is 0 Å². The van der Waals surface area contributed by atoms with Gasteiger partial charge >= 0.3 is 5.63 Å². The first-order chi connectivity index (χ1) is 16.9. The fourth-order valence-electron chi connectivity index (χ4n) is 3.23. The van der Waals surface area contributed by atoms with Gasteiger partial charge < -0.3 is 13.9 Å². The molecule has 0 aliphatic heterocycles. The van der Waals surface area contributed by atoms with Crippen LogP contribution in [0.2, 0.25) is 0 Å². The van der Waals surface area contributed by atoms with Gasteiger partial charge in [-0.1, -0.05) is 12.1 Å². The molecule has 178 valence electrons. The maximum Gasteiger partial charge on any atom is 0.336 e. The second-order valence-corrected chi connectivity index (χ2v) is 7.64. The Balaban J connectivity index is 1.26. The number of nitrogens with one attached hydrogen (secondary N) is 2. The molecular weight excluding hydrogens is 455 g/mol. The minimum Gasteiger partial charge on any atom is -0.489 e. The Morgan fingerprint density at radius 3 is 2.34 bits per heavy atom. The largest absolute Gasteiger partial charge is 0.489 e. The van der Waals surface area contributed by atoms with Gasteiger partial charge in [-0.3, -0.25) is 20.4 Å². The molecule has 35 heavy (non-hydrogen) atoms. The van der Waals surface area contributed by atoms with Crippen LogP contribution < -0.4 is 26.0 Å². The molecule has 0 unspecified atom stereocenters. The highest BCUT2D eigenvalue weighted by Crippen LogP contribution is 2.23. The molecule has 9 heteroatoms. The normalized spacial score (nSPS) is 10.6. The molecule has 2 amide bonds. The van der Waals surface area contributed by atoms with E-state index in [2.05, 4.69) is 10.9 Å². The topological polar surface area (TPSA) is 107 Å². The number of halogens is 1. The van der Waals surface area contributed by atoms with Gasteiger partial charge in [0.25, 0.3) is 11.8 Å². The molecular formula is C26H21FN2O6. The number of benzene rings is 3. The average molecular weight is 476 g/mol. The summed E-state index contributed by atoms with van der Waals surface area (Å²) in [7, 11) is 0. The number of hydrogen-bond acceptors (Lipinski definition) is 6. The van der Waals surface area contributed by atoms with Crippen LogP contribution in [-0.2, 0) is 11.4 Å². The molecule has 0 aliphatic carbocycles. The van der Waals surface area contributed by atoms with Crippen LogP contribution in [0.3, 0.4) is 0 Å². The van der Waals surface area contributed by atoms with E-state index in [1.165, 1.54) is 30.3 Å².